The van der Waals surface area contributed by atoms with E-state index >= 15 is 0 Å². The zero-order valence-corrected chi connectivity index (χ0v) is 22.7. The average molecular weight is 547 g/mol. The number of halogens is 1. The maximum Gasteiger partial charge on any atom is 0.235 e. The largest absolute Gasteiger partial charge is 0.507 e. The first-order chi connectivity index (χ1) is 18.2. The highest BCUT2D eigenvalue weighted by Gasteiger charge is 2.69. The summed E-state index contributed by atoms with van der Waals surface area (Å²) in [7, 11) is 8.29. The van der Waals surface area contributed by atoms with Crippen LogP contribution in [0, 0.1) is 23.7 Å². The normalized spacial score (nSPS) is 30.3. The van der Waals surface area contributed by atoms with Crippen LogP contribution in [0.1, 0.15) is 27.9 Å². The van der Waals surface area contributed by atoms with Gasteiger partial charge in [-0.15, -0.1) is 0 Å². The van der Waals surface area contributed by atoms with Crippen molar-refractivity contribution in [2.24, 2.45) is 29.4 Å². The number of benzene rings is 1. The van der Waals surface area contributed by atoms with Crippen molar-refractivity contribution in [3.8, 4) is 5.75 Å². The molecule has 39 heavy (non-hydrogen) atoms. The van der Waals surface area contributed by atoms with E-state index in [1.807, 2.05) is 0 Å². The van der Waals surface area contributed by atoms with Crippen LogP contribution >= 0.6 is 0 Å². The number of alkyl halides is 1. The van der Waals surface area contributed by atoms with Gasteiger partial charge in [-0.25, -0.2) is 4.39 Å². The van der Waals surface area contributed by atoms with Gasteiger partial charge >= 0.3 is 0 Å². The van der Waals surface area contributed by atoms with Gasteiger partial charge in [0.05, 0.1) is 17.5 Å². The van der Waals surface area contributed by atoms with Gasteiger partial charge in [0.1, 0.15) is 12.4 Å². The lowest BCUT2D eigenvalue weighted by molar-refractivity contribution is -0.181. The number of rotatable bonds is 7. The zero-order valence-electron chi connectivity index (χ0n) is 22.7. The number of phenolic OH excluding ortho intramolecular Hbond substituents is 1. The molecule has 0 aromatic heterocycles. The fourth-order valence-corrected chi connectivity index (χ4v) is 6.74. The molecule has 3 aliphatic carbocycles. The smallest absolute Gasteiger partial charge is 0.235 e. The predicted octanol–water partition coefficient (Wildman–Crippen LogP) is -0.666. The number of carbonyl (C=O) groups is 5. The Kier molecular flexibility index (Phi) is 7.43. The van der Waals surface area contributed by atoms with Crippen molar-refractivity contribution in [2.45, 2.75) is 31.0 Å². The Hall–Kier alpha value is -3.22. The summed E-state index contributed by atoms with van der Waals surface area (Å²) in [6, 6.07) is 0.576. The van der Waals surface area contributed by atoms with Gasteiger partial charge in [0.15, 0.2) is 34.7 Å². The highest BCUT2D eigenvalue weighted by molar-refractivity contribution is 6.32. The van der Waals surface area contributed by atoms with Gasteiger partial charge in [-0.05, 0) is 51.5 Å². The molecule has 0 bridgehead atoms. The molecule has 212 valence electrons. The van der Waals surface area contributed by atoms with Gasteiger partial charge in [-0.2, -0.15) is 0 Å². The highest BCUT2D eigenvalue weighted by Crippen LogP contribution is 2.52. The second kappa shape index (κ2) is 10.1. The number of carbonyl (C=O) groups excluding carboxylic acids is 5. The predicted molar refractivity (Wildman–Crippen MR) is 138 cm³/mol. The van der Waals surface area contributed by atoms with Gasteiger partial charge in [-0.3, -0.25) is 33.8 Å². The van der Waals surface area contributed by atoms with Crippen molar-refractivity contribution in [3.05, 3.63) is 22.8 Å². The number of nitrogens with zero attached hydrogens (tertiary/aromatic N) is 3. The molecule has 3 aliphatic rings. The number of fused-ring (bicyclic) bond motifs is 3. The first kappa shape index (κ1) is 28.8. The Morgan fingerprint density at radius 3 is 2.31 bits per heavy atom. The number of anilines is 1. The SMILES string of the molecule is CN(CCF)Cc1cc(N(C)C)c2c(c1O)C(=O)C1C(=O)[C@]3(O)C(=O)C(C(N)=O)C(=O)[C@@H](N(C)C)[C@@H]3C[C@@H]1C2. The minimum Gasteiger partial charge on any atom is -0.507 e. The molecular formula is C27H35FN4O7. The van der Waals surface area contributed by atoms with Gasteiger partial charge in [-0.1, -0.05) is 0 Å². The van der Waals surface area contributed by atoms with E-state index in [1.165, 1.54) is 4.90 Å². The van der Waals surface area contributed by atoms with E-state index in [9.17, 15) is 38.6 Å². The summed E-state index contributed by atoms with van der Waals surface area (Å²) in [6.45, 7) is -0.360. The number of aliphatic hydroxyl groups is 1. The van der Waals surface area contributed by atoms with Crippen LogP contribution in [0.4, 0.5) is 10.1 Å². The lowest BCUT2D eigenvalue weighted by Crippen LogP contribution is -2.74. The Bertz CT molecular complexity index is 1270. The monoisotopic (exact) mass is 546 g/mol. The van der Waals surface area contributed by atoms with Crippen molar-refractivity contribution in [1.82, 2.24) is 9.80 Å². The molecule has 0 aliphatic heterocycles. The van der Waals surface area contributed by atoms with E-state index < -0.39 is 71.0 Å². The van der Waals surface area contributed by atoms with Gasteiger partial charge in [0.2, 0.25) is 5.91 Å². The second-order valence-electron chi connectivity index (χ2n) is 11.4. The van der Waals surface area contributed by atoms with Crippen LogP contribution < -0.4 is 10.6 Å². The number of phenols is 1. The lowest BCUT2D eigenvalue weighted by atomic mass is 9.52. The summed E-state index contributed by atoms with van der Waals surface area (Å²) >= 11 is 0. The summed E-state index contributed by atoms with van der Waals surface area (Å²) in [5.74, 6) is -10.8. The number of Topliss-reactive ketones (excluding diaryl/α,β-unsaturated/α-hetero) is 4. The first-order valence-electron chi connectivity index (χ1n) is 12.8. The molecule has 0 spiro atoms. The number of ketones is 4. The van der Waals surface area contributed by atoms with Crippen LogP contribution in [0.25, 0.3) is 0 Å². The van der Waals surface area contributed by atoms with E-state index in [2.05, 4.69) is 0 Å². The van der Waals surface area contributed by atoms with Crippen molar-refractivity contribution in [1.29, 1.82) is 0 Å². The maximum absolute atomic E-state index is 14.0. The van der Waals surface area contributed by atoms with Gasteiger partial charge in [0.25, 0.3) is 0 Å². The molecule has 4 N–H and O–H groups in total. The topological polar surface area (TPSA) is 162 Å². The van der Waals surface area contributed by atoms with Crippen molar-refractivity contribution in [2.75, 3.05) is 53.4 Å². The summed E-state index contributed by atoms with van der Waals surface area (Å²) < 4.78 is 12.9. The van der Waals surface area contributed by atoms with Crippen molar-refractivity contribution < 1.29 is 38.6 Å². The summed E-state index contributed by atoms with van der Waals surface area (Å²) in [6.07, 6.45) is 0.159. The van der Waals surface area contributed by atoms with Crippen molar-refractivity contribution in [3.63, 3.8) is 0 Å². The van der Waals surface area contributed by atoms with E-state index in [-0.39, 0.29) is 37.2 Å². The number of aromatic hydroxyl groups is 1. The van der Waals surface area contributed by atoms with Gasteiger partial charge in [0, 0.05) is 44.4 Å². The number of amides is 1. The lowest BCUT2D eigenvalue weighted by Gasteiger charge is -2.52. The molecule has 1 aromatic carbocycles. The van der Waals surface area contributed by atoms with Crippen LogP contribution in [0.5, 0.6) is 5.75 Å². The zero-order chi connectivity index (χ0) is 29.1. The fourth-order valence-electron chi connectivity index (χ4n) is 6.74. The number of hydrogen-bond acceptors (Lipinski definition) is 10. The average Bonchev–Trinajstić information content (AvgIpc) is 2.82. The fraction of sp³-hybridized carbons (Fsp3) is 0.593. The number of nitrogens with two attached hydrogens (primary N) is 1. The molecule has 6 atom stereocenters. The van der Waals surface area contributed by atoms with E-state index in [0.717, 1.165) is 0 Å². The Labute approximate surface area is 225 Å². The molecular weight excluding hydrogens is 511 g/mol. The molecule has 12 heteroatoms. The quantitative estimate of drug-likeness (QED) is 0.374. The third kappa shape index (κ3) is 4.25. The van der Waals surface area contributed by atoms with Gasteiger partial charge < -0.3 is 20.8 Å². The molecule has 2 fully saturated rings. The molecule has 11 nitrogen and oxygen atoms in total. The standard InChI is InChI=1S/C27H35FN4O7/c1-30(2)16-10-13(11-32(5)7-6-28)21(33)18-14(16)8-12-9-15-20(31(3)4)23(35)19(26(29)38)25(37)27(15,39)24(36)17(12)22(18)34/h10,12,15,17,19-20,33,39H,6-9,11H2,1-5H3,(H2,29,38)/t12-,15-,17?,19?,20-,27-/m0/s1. The molecule has 0 saturated heterocycles. The molecule has 1 amide bonds. The summed E-state index contributed by atoms with van der Waals surface area (Å²) in [5.41, 5.74) is 4.03. The maximum atomic E-state index is 14.0. The van der Waals surface area contributed by atoms with E-state index in [4.69, 9.17) is 5.73 Å². The summed E-state index contributed by atoms with van der Waals surface area (Å²) in [5, 5.41) is 22.9. The van der Waals surface area contributed by atoms with E-state index in [0.29, 0.717) is 16.8 Å². The molecule has 0 radical (unpaired) electrons. The first-order valence-corrected chi connectivity index (χ1v) is 12.8. The van der Waals surface area contributed by atoms with Crippen LogP contribution in [0.15, 0.2) is 6.07 Å². The number of hydrogen-bond donors (Lipinski definition) is 3. The minimum atomic E-state index is -2.77. The Morgan fingerprint density at radius 1 is 1.13 bits per heavy atom. The third-order valence-corrected chi connectivity index (χ3v) is 8.51. The number of likely N-dealkylation sites (N-methyl/N-ethyl adjacent to an activating group) is 1. The van der Waals surface area contributed by atoms with Crippen LogP contribution in [0.2, 0.25) is 0 Å². The molecule has 2 saturated carbocycles. The molecule has 4 rings (SSSR count). The highest BCUT2D eigenvalue weighted by atomic mass is 19.1. The molecule has 1 aromatic rings. The van der Waals surface area contributed by atoms with Crippen LogP contribution in [0.3, 0.4) is 0 Å². The van der Waals surface area contributed by atoms with Crippen LogP contribution in [-0.4, -0.2) is 109 Å². The molecule has 0 heterocycles. The summed E-state index contributed by atoms with van der Waals surface area (Å²) in [4.78, 5) is 71.5. The Balaban J connectivity index is 1.87. The van der Waals surface area contributed by atoms with E-state index in [1.54, 1.807) is 51.1 Å². The van der Waals surface area contributed by atoms with Crippen molar-refractivity contribution >= 4 is 34.7 Å². The Morgan fingerprint density at radius 2 is 1.77 bits per heavy atom. The van der Waals surface area contributed by atoms with Crippen LogP contribution in [-0.2, 0) is 32.1 Å². The third-order valence-electron chi connectivity index (χ3n) is 8.51. The second-order valence-corrected chi connectivity index (χ2v) is 11.4. The molecule has 2 unspecified atom stereocenters. The number of primary amides is 1. The minimum absolute atomic E-state index is 0.0154.